The fourth-order valence-electron chi connectivity index (χ4n) is 0.595. The molecule has 0 aliphatic carbocycles. The third-order valence-corrected chi connectivity index (χ3v) is 1.12. The van der Waals surface area contributed by atoms with Crippen LogP contribution in [0, 0.1) is 6.92 Å². The van der Waals surface area contributed by atoms with Crippen LogP contribution < -0.4 is 0 Å². The Morgan fingerprint density at radius 3 is 2.50 bits per heavy atom. The largest absolute Gasteiger partial charge is 0.391 e. The van der Waals surface area contributed by atoms with E-state index in [1.807, 2.05) is 0 Å². The molecule has 0 rings (SSSR count). The quantitative estimate of drug-likeness (QED) is 0.453. The molecule has 0 aromatic carbocycles. The Labute approximate surface area is 71.8 Å². The first-order valence-corrected chi connectivity index (χ1v) is 3.72. The van der Waals surface area contributed by atoms with Gasteiger partial charge in [-0.25, -0.2) is 4.79 Å². The minimum absolute atomic E-state index is 0.184. The highest BCUT2D eigenvalue weighted by Crippen LogP contribution is 1.96. The predicted octanol–water partition coefficient (Wildman–Crippen LogP) is 0.707. The highest BCUT2D eigenvalue weighted by atomic mass is 16.6. The van der Waals surface area contributed by atoms with Crippen molar-refractivity contribution < 1.29 is 19.1 Å². The normalized spacial score (nSPS) is 9.50. The molecule has 0 bridgehead atoms. The summed E-state index contributed by atoms with van der Waals surface area (Å²) in [5.41, 5.74) is 0. The van der Waals surface area contributed by atoms with Crippen molar-refractivity contribution in [3.8, 4) is 0 Å². The molecule has 0 saturated heterocycles. The lowest BCUT2D eigenvalue weighted by Gasteiger charge is -2.00. The van der Waals surface area contributed by atoms with E-state index in [-0.39, 0.29) is 13.0 Å². The molecule has 0 N–H and O–H groups in total. The van der Waals surface area contributed by atoms with Gasteiger partial charge in [-0.05, 0) is 6.42 Å². The number of carbonyl (C=O) groups excluding carboxylic acids is 2. The Morgan fingerprint density at radius 1 is 1.33 bits per heavy atom. The monoisotopic (exact) mass is 173 g/mol. The van der Waals surface area contributed by atoms with E-state index in [1.54, 1.807) is 0 Å². The van der Waals surface area contributed by atoms with Gasteiger partial charge < -0.3 is 9.47 Å². The van der Waals surface area contributed by atoms with E-state index >= 15 is 0 Å². The maximum absolute atomic E-state index is 10.8. The van der Waals surface area contributed by atoms with Crippen LogP contribution in [0.1, 0.15) is 19.3 Å². The second-order valence-corrected chi connectivity index (χ2v) is 2.24. The average molecular weight is 173 g/mol. The maximum atomic E-state index is 10.8. The molecule has 69 valence electrons. The van der Waals surface area contributed by atoms with Crippen molar-refractivity contribution in [2.45, 2.75) is 19.3 Å². The van der Waals surface area contributed by atoms with Gasteiger partial charge >= 0.3 is 11.9 Å². The van der Waals surface area contributed by atoms with Crippen LogP contribution in [-0.2, 0) is 19.1 Å². The van der Waals surface area contributed by atoms with Crippen molar-refractivity contribution in [3.63, 3.8) is 0 Å². The van der Waals surface area contributed by atoms with Crippen molar-refractivity contribution in [2.24, 2.45) is 0 Å². The lowest BCUT2D eigenvalue weighted by molar-refractivity contribution is -0.162. The Balaban J connectivity index is 3.47. The molecule has 0 fully saturated rings. The number of unbranched alkanes of at least 4 members (excludes halogenated alkanes) is 1. The number of methoxy groups -OCH3 is 1. The molecule has 0 unspecified atom stereocenters. The third-order valence-electron chi connectivity index (χ3n) is 1.12. The van der Waals surface area contributed by atoms with Crippen LogP contribution in [-0.4, -0.2) is 25.7 Å². The fraction of sp³-hybridized carbons (Fsp3) is 0.625. The summed E-state index contributed by atoms with van der Waals surface area (Å²) in [6.45, 7) is 3.37. The molecule has 1 radical (unpaired) electrons. The molecule has 0 aliphatic rings. The van der Waals surface area contributed by atoms with E-state index in [0.29, 0.717) is 12.8 Å². The van der Waals surface area contributed by atoms with Gasteiger partial charge in [0.25, 0.3) is 0 Å². The summed E-state index contributed by atoms with van der Waals surface area (Å²) in [6, 6.07) is 0. The van der Waals surface area contributed by atoms with E-state index in [2.05, 4.69) is 16.4 Å². The van der Waals surface area contributed by atoms with Crippen molar-refractivity contribution in [3.05, 3.63) is 6.92 Å². The molecule has 0 aromatic rings. The topological polar surface area (TPSA) is 52.6 Å². The van der Waals surface area contributed by atoms with Crippen molar-refractivity contribution >= 4 is 11.9 Å². The van der Waals surface area contributed by atoms with Gasteiger partial charge in [0.15, 0.2) is 0 Å². The minimum atomic E-state index is -0.647. The van der Waals surface area contributed by atoms with Gasteiger partial charge in [-0.1, -0.05) is 13.3 Å². The molecule has 0 saturated carbocycles. The van der Waals surface area contributed by atoms with Gasteiger partial charge in [-0.2, -0.15) is 0 Å². The predicted molar refractivity (Wildman–Crippen MR) is 42.2 cm³/mol. The Hall–Kier alpha value is -0.900. The molecule has 0 amide bonds. The zero-order chi connectivity index (χ0) is 9.40. The highest BCUT2D eigenvalue weighted by Gasteiger charge is 2.08. The van der Waals surface area contributed by atoms with Crippen LogP contribution in [0.25, 0.3) is 0 Å². The zero-order valence-corrected chi connectivity index (χ0v) is 7.17. The number of hydrogen-bond donors (Lipinski definition) is 0. The fourth-order valence-corrected chi connectivity index (χ4v) is 0.595. The third kappa shape index (κ3) is 5.85. The van der Waals surface area contributed by atoms with Crippen LogP contribution in [0.15, 0.2) is 0 Å². The van der Waals surface area contributed by atoms with Gasteiger partial charge in [0.1, 0.15) is 6.61 Å². The minimum Gasteiger partial charge on any atom is -0.391 e. The number of esters is 2. The summed E-state index contributed by atoms with van der Waals surface area (Å²) < 4.78 is 8.83. The summed E-state index contributed by atoms with van der Waals surface area (Å²) in [7, 11) is 1.36. The second kappa shape index (κ2) is 6.79. The first-order chi connectivity index (χ1) is 5.70. The van der Waals surface area contributed by atoms with Gasteiger partial charge in [-0.15, -0.1) is 0 Å². The SMILES string of the molecule is [CH2]CCCC(=O)OC(=O)COC. The standard InChI is InChI=1S/C8H13O4/c1-3-4-5-7(9)12-8(10)6-11-2/h1,3-6H2,2H3. The summed E-state index contributed by atoms with van der Waals surface area (Å²) >= 11 is 0. The molecule has 4 heteroatoms. The lowest BCUT2D eigenvalue weighted by atomic mass is 10.2. The first-order valence-electron chi connectivity index (χ1n) is 3.72. The summed E-state index contributed by atoms with van der Waals surface area (Å²) in [5, 5.41) is 0. The average Bonchev–Trinajstić information content (AvgIpc) is 2.01. The van der Waals surface area contributed by atoms with Gasteiger partial charge in [0.2, 0.25) is 0 Å². The van der Waals surface area contributed by atoms with Gasteiger partial charge in [0.05, 0.1) is 0 Å². The molecule has 4 nitrogen and oxygen atoms in total. The Bertz CT molecular complexity index is 153. The molecular formula is C8H13O4. The van der Waals surface area contributed by atoms with Crippen molar-refractivity contribution in [1.29, 1.82) is 0 Å². The molecule has 0 spiro atoms. The zero-order valence-electron chi connectivity index (χ0n) is 7.17. The number of ether oxygens (including phenoxy) is 2. The highest BCUT2D eigenvalue weighted by molar-refractivity contribution is 5.85. The van der Waals surface area contributed by atoms with Crippen LogP contribution in [0.2, 0.25) is 0 Å². The number of carbonyl (C=O) groups is 2. The van der Waals surface area contributed by atoms with E-state index in [0.717, 1.165) is 0 Å². The van der Waals surface area contributed by atoms with Crippen LogP contribution in [0.3, 0.4) is 0 Å². The summed E-state index contributed by atoms with van der Waals surface area (Å²) in [5.74, 6) is -1.16. The molecule has 0 atom stereocenters. The second-order valence-electron chi connectivity index (χ2n) is 2.24. The summed E-state index contributed by atoms with van der Waals surface area (Å²) in [6.07, 6.45) is 1.53. The number of hydrogen-bond acceptors (Lipinski definition) is 4. The van der Waals surface area contributed by atoms with E-state index in [1.165, 1.54) is 7.11 Å². The van der Waals surface area contributed by atoms with E-state index in [4.69, 9.17) is 0 Å². The Kier molecular flexibility index (Phi) is 6.28. The first kappa shape index (κ1) is 11.1. The molecular weight excluding hydrogens is 160 g/mol. The van der Waals surface area contributed by atoms with Crippen LogP contribution >= 0.6 is 0 Å². The molecule has 12 heavy (non-hydrogen) atoms. The summed E-state index contributed by atoms with van der Waals surface area (Å²) in [4.78, 5) is 21.4. The Morgan fingerprint density at radius 2 is 2.00 bits per heavy atom. The van der Waals surface area contributed by atoms with Gasteiger partial charge in [-0.3, -0.25) is 4.79 Å². The smallest absolute Gasteiger partial charge is 0.339 e. The number of rotatable bonds is 5. The lowest BCUT2D eigenvalue weighted by Crippen LogP contribution is -2.16. The van der Waals surface area contributed by atoms with Crippen LogP contribution in [0.4, 0.5) is 0 Å². The van der Waals surface area contributed by atoms with Crippen LogP contribution in [0.5, 0.6) is 0 Å². The van der Waals surface area contributed by atoms with E-state index < -0.39 is 11.9 Å². The van der Waals surface area contributed by atoms with E-state index in [9.17, 15) is 9.59 Å². The molecule has 0 aromatic heterocycles. The van der Waals surface area contributed by atoms with Crippen molar-refractivity contribution in [2.75, 3.05) is 13.7 Å². The maximum Gasteiger partial charge on any atom is 0.339 e. The molecule has 0 aliphatic heterocycles. The van der Waals surface area contributed by atoms with Crippen molar-refractivity contribution in [1.82, 2.24) is 0 Å². The molecule has 0 heterocycles. The van der Waals surface area contributed by atoms with Gasteiger partial charge in [0, 0.05) is 13.5 Å².